The fourth-order valence-electron chi connectivity index (χ4n) is 3.21. The molecular formula is C19H25F2N3O7S. The Labute approximate surface area is 182 Å². The number of nitrogens with one attached hydrogen (secondary N) is 1. The molecule has 178 valence electrons. The maximum atomic E-state index is 14.3. The first-order chi connectivity index (χ1) is 14.8. The third-order valence-electron chi connectivity index (χ3n) is 4.60. The van der Waals surface area contributed by atoms with Gasteiger partial charge in [-0.3, -0.25) is 4.79 Å². The SMILES string of the molecule is CCCOC(=O)N(n1c(=O)[nH]c2cc(C(C)(F)F)c(C(CC)OC)cc2c1=O)S(C)(=O)=O. The Bertz CT molecular complexity index is 1230. The topological polar surface area (TPSA) is 128 Å². The number of hydrogen-bond acceptors (Lipinski definition) is 7. The summed E-state index contributed by atoms with van der Waals surface area (Å²) in [5.41, 5.74) is -3.25. The van der Waals surface area contributed by atoms with Crippen LogP contribution in [0.1, 0.15) is 50.8 Å². The molecule has 1 N–H and O–H groups in total. The molecule has 32 heavy (non-hydrogen) atoms. The first-order valence-corrected chi connectivity index (χ1v) is 11.5. The number of methoxy groups -OCH3 is 1. The van der Waals surface area contributed by atoms with Crippen LogP contribution in [0.2, 0.25) is 0 Å². The second-order valence-electron chi connectivity index (χ2n) is 7.17. The molecule has 1 aromatic carbocycles. The van der Waals surface area contributed by atoms with Gasteiger partial charge in [0.15, 0.2) is 0 Å². The number of H-pyrrole nitrogens is 1. The fourth-order valence-corrected chi connectivity index (χ4v) is 3.97. The van der Waals surface area contributed by atoms with Gasteiger partial charge >= 0.3 is 11.8 Å². The van der Waals surface area contributed by atoms with Gasteiger partial charge < -0.3 is 14.5 Å². The Balaban J connectivity index is 2.93. The van der Waals surface area contributed by atoms with Gasteiger partial charge in [0.25, 0.3) is 21.5 Å². The zero-order valence-electron chi connectivity index (χ0n) is 18.3. The number of ether oxygens (including phenoxy) is 2. The fraction of sp³-hybridized carbons (Fsp3) is 0.526. The van der Waals surface area contributed by atoms with Crippen molar-refractivity contribution in [3.8, 4) is 0 Å². The zero-order valence-corrected chi connectivity index (χ0v) is 19.1. The number of aromatic nitrogens is 2. The number of aromatic amines is 1. The Hall–Kier alpha value is -2.80. The van der Waals surface area contributed by atoms with Crippen molar-refractivity contribution in [1.82, 2.24) is 9.66 Å². The van der Waals surface area contributed by atoms with Gasteiger partial charge in [0, 0.05) is 19.6 Å². The molecule has 1 amide bonds. The van der Waals surface area contributed by atoms with Gasteiger partial charge in [-0.1, -0.05) is 18.3 Å². The van der Waals surface area contributed by atoms with Crippen LogP contribution in [0.25, 0.3) is 10.9 Å². The summed E-state index contributed by atoms with van der Waals surface area (Å²) in [6.07, 6.45) is -0.997. The number of benzene rings is 1. The van der Waals surface area contributed by atoms with E-state index in [4.69, 9.17) is 9.47 Å². The molecule has 0 aliphatic carbocycles. The average molecular weight is 477 g/mol. The molecule has 0 bridgehead atoms. The highest BCUT2D eigenvalue weighted by atomic mass is 32.2. The summed E-state index contributed by atoms with van der Waals surface area (Å²) in [5, 5.41) is -0.292. The summed E-state index contributed by atoms with van der Waals surface area (Å²) in [4.78, 5) is 40.3. The van der Waals surface area contributed by atoms with E-state index < -0.39 is 45.0 Å². The van der Waals surface area contributed by atoms with Gasteiger partial charge in [-0.15, -0.1) is 4.68 Å². The minimum atomic E-state index is -4.47. The van der Waals surface area contributed by atoms with Crippen molar-refractivity contribution in [2.45, 2.75) is 45.6 Å². The highest BCUT2D eigenvalue weighted by molar-refractivity contribution is 7.92. The third-order valence-corrected chi connectivity index (χ3v) is 5.54. The molecule has 0 aliphatic rings. The lowest BCUT2D eigenvalue weighted by Gasteiger charge is -2.23. The van der Waals surface area contributed by atoms with E-state index in [-0.39, 0.29) is 32.2 Å². The van der Waals surface area contributed by atoms with Gasteiger partial charge in [0.1, 0.15) is 0 Å². The molecule has 0 aliphatic heterocycles. The first-order valence-electron chi connectivity index (χ1n) is 9.69. The van der Waals surface area contributed by atoms with Crippen molar-refractivity contribution in [2.24, 2.45) is 0 Å². The summed E-state index contributed by atoms with van der Waals surface area (Å²) in [5.74, 6) is -3.33. The highest BCUT2D eigenvalue weighted by Gasteiger charge is 2.34. The zero-order chi connectivity index (χ0) is 24.4. The molecule has 0 fully saturated rings. The van der Waals surface area contributed by atoms with Crippen LogP contribution in [0.5, 0.6) is 0 Å². The molecule has 1 aromatic heterocycles. The lowest BCUT2D eigenvalue weighted by Crippen LogP contribution is -2.56. The number of carbonyl (C=O) groups excluding carboxylic acids is 1. The van der Waals surface area contributed by atoms with Gasteiger partial charge in [-0.2, -0.15) is 0 Å². The minimum absolute atomic E-state index is 0.00911. The Kier molecular flexibility index (Phi) is 7.45. The minimum Gasteiger partial charge on any atom is -0.447 e. The molecule has 13 heteroatoms. The van der Waals surface area contributed by atoms with E-state index >= 15 is 0 Å². The predicted octanol–water partition coefficient (Wildman–Crippen LogP) is 2.34. The van der Waals surface area contributed by atoms with Gasteiger partial charge in [-0.25, -0.2) is 26.8 Å². The number of nitrogens with zero attached hydrogens (tertiary/aromatic N) is 2. The van der Waals surface area contributed by atoms with E-state index in [1.807, 2.05) is 0 Å². The molecule has 0 spiro atoms. The number of sulfonamides is 1. The number of alkyl halides is 2. The Morgan fingerprint density at radius 3 is 2.38 bits per heavy atom. The molecule has 0 saturated carbocycles. The van der Waals surface area contributed by atoms with Crippen LogP contribution >= 0.6 is 0 Å². The van der Waals surface area contributed by atoms with Gasteiger partial charge in [0.05, 0.1) is 29.9 Å². The summed E-state index contributed by atoms with van der Waals surface area (Å²) < 4.78 is 63.0. The first kappa shape index (κ1) is 25.5. The summed E-state index contributed by atoms with van der Waals surface area (Å²) in [6, 6.07) is 2.05. The molecule has 0 saturated heterocycles. The van der Waals surface area contributed by atoms with Crippen molar-refractivity contribution in [3.05, 3.63) is 44.1 Å². The summed E-state index contributed by atoms with van der Waals surface area (Å²) >= 11 is 0. The van der Waals surface area contributed by atoms with Crippen LogP contribution in [0.3, 0.4) is 0 Å². The molecule has 1 heterocycles. The second-order valence-corrected chi connectivity index (χ2v) is 8.99. The molecule has 10 nitrogen and oxygen atoms in total. The van der Waals surface area contributed by atoms with Crippen molar-refractivity contribution in [2.75, 3.05) is 24.4 Å². The van der Waals surface area contributed by atoms with E-state index in [0.29, 0.717) is 26.0 Å². The lowest BCUT2D eigenvalue weighted by atomic mass is 9.95. The summed E-state index contributed by atoms with van der Waals surface area (Å²) in [7, 11) is -3.16. The normalized spacial score (nSPS) is 13.2. The number of rotatable bonds is 8. The number of amides is 1. The molecule has 1 unspecified atom stereocenters. The van der Waals surface area contributed by atoms with E-state index in [1.165, 1.54) is 7.11 Å². The average Bonchev–Trinajstić information content (AvgIpc) is 2.68. The highest BCUT2D eigenvalue weighted by Crippen LogP contribution is 2.36. The number of hydrogen-bond donors (Lipinski definition) is 1. The van der Waals surface area contributed by atoms with E-state index in [2.05, 4.69) is 4.98 Å². The van der Waals surface area contributed by atoms with E-state index in [1.54, 1.807) is 13.8 Å². The van der Waals surface area contributed by atoms with E-state index in [0.717, 1.165) is 12.1 Å². The lowest BCUT2D eigenvalue weighted by molar-refractivity contribution is 0.0117. The van der Waals surface area contributed by atoms with Crippen molar-refractivity contribution in [1.29, 1.82) is 0 Å². The maximum absolute atomic E-state index is 14.3. The van der Waals surface area contributed by atoms with Crippen molar-refractivity contribution < 1.29 is 31.5 Å². The van der Waals surface area contributed by atoms with E-state index in [9.17, 15) is 31.6 Å². The molecule has 0 radical (unpaired) electrons. The summed E-state index contributed by atoms with van der Waals surface area (Å²) in [6.45, 7) is 3.86. The third kappa shape index (κ3) is 4.99. The largest absolute Gasteiger partial charge is 0.447 e. The number of fused-ring (bicyclic) bond motifs is 1. The standard InChI is InChI=1S/C19H25F2N3O7S/c1-6-8-31-18(27)24(32(5,28)29)23-16(25)12-9-11(15(7-2)30-4)13(19(3,20)21)10-14(12)22-17(23)26/h9-10,15H,6-8H2,1-5H3,(H,22,26). The van der Waals surface area contributed by atoms with Crippen LogP contribution in [0, 0.1) is 0 Å². The number of carbonyl (C=O) groups is 1. The van der Waals surface area contributed by atoms with Crippen molar-refractivity contribution in [3.63, 3.8) is 0 Å². The molecular weight excluding hydrogens is 452 g/mol. The van der Waals surface area contributed by atoms with Gasteiger partial charge in [0.2, 0.25) is 0 Å². The molecule has 2 aromatic rings. The van der Waals surface area contributed by atoms with Crippen LogP contribution in [0.15, 0.2) is 21.7 Å². The van der Waals surface area contributed by atoms with Gasteiger partial charge in [-0.05, 0) is 30.5 Å². The predicted molar refractivity (Wildman–Crippen MR) is 113 cm³/mol. The van der Waals surface area contributed by atoms with Crippen molar-refractivity contribution >= 4 is 27.0 Å². The van der Waals surface area contributed by atoms with Crippen LogP contribution in [0.4, 0.5) is 13.6 Å². The van der Waals surface area contributed by atoms with Crippen LogP contribution in [-0.2, 0) is 25.4 Å². The number of halogens is 2. The van der Waals surface area contributed by atoms with Crippen LogP contribution < -0.4 is 15.7 Å². The second kappa shape index (κ2) is 9.36. The Morgan fingerprint density at radius 2 is 1.91 bits per heavy atom. The quantitative estimate of drug-likeness (QED) is 0.618. The molecule has 2 rings (SSSR count). The maximum Gasteiger partial charge on any atom is 0.444 e. The smallest absolute Gasteiger partial charge is 0.444 e. The Morgan fingerprint density at radius 1 is 1.28 bits per heavy atom. The van der Waals surface area contributed by atoms with Crippen LogP contribution in [-0.4, -0.2) is 44.1 Å². The monoisotopic (exact) mass is 477 g/mol. The molecule has 1 atom stereocenters.